The van der Waals surface area contributed by atoms with Gasteiger partial charge in [-0.1, -0.05) is 54.1 Å². The van der Waals surface area contributed by atoms with Crippen LogP contribution in [0.25, 0.3) is 44.5 Å². The van der Waals surface area contributed by atoms with Gasteiger partial charge in [0.1, 0.15) is 11.3 Å². The van der Waals surface area contributed by atoms with Crippen LogP contribution in [0.15, 0.2) is 72.9 Å². The van der Waals surface area contributed by atoms with Crippen LogP contribution in [0, 0.1) is 0 Å². The van der Waals surface area contributed by atoms with Gasteiger partial charge in [0.05, 0.1) is 10.6 Å². The number of nitrogens with zero attached hydrogens (tertiary/aromatic N) is 3. The lowest BCUT2D eigenvalue weighted by Gasteiger charge is -2.26. The zero-order valence-corrected chi connectivity index (χ0v) is 19.9. The molecule has 0 radical (unpaired) electrons. The second-order valence-corrected chi connectivity index (χ2v) is 9.42. The van der Waals surface area contributed by atoms with Crippen molar-refractivity contribution in [2.75, 3.05) is 13.1 Å². The molecule has 3 aromatic carbocycles. The summed E-state index contributed by atoms with van der Waals surface area (Å²) >= 11 is 6.38. The Morgan fingerprint density at radius 2 is 1.67 bits per heavy atom. The molecule has 36 heavy (non-hydrogen) atoms. The first-order valence-corrected chi connectivity index (χ1v) is 12.2. The predicted molar refractivity (Wildman–Crippen MR) is 137 cm³/mol. The highest BCUT2D eigenvalue weighted by molar-refractivity contribution is 6.34. The van der Waals surface area contributed by atoms with E-state index in [1.165, 1.54) is 6.07 Å². The summed E-state index contributed by atoms with van der Waals surface area (Å²) in [5, 5.41) is 5.23. The second kappa shape index (κ2) is 8.91. The van der Waals surface area contributed by atoms with Gasteiger partial charge in [-0.2, -0.15) is 13.2 Å². The van der Waals surface area contributed by atoms with E-state index in [0.29, 0.717) is 17.0 Å². The zero-order valence-electron chi connectivity index (χ0n) is 19.2. The molecule has 182 valence electrons. The Hall–Kier alpha value is -3.42. The number of imidazole rings is 1. The number of nitrogens with one attached hydrogen (secondary N) is 1. The molecule has 4 nitrogen and oxygen atoms in total. The minimum Gasteiger partial charge on any atom is -0.317 e. The maximum absolute atomic E-state index is 13.7. The molecule has 1 saturated heterocycles. The molecule has 6 rings (SSSR count). The number of benzene rings is 3. The van der Waals surface area contributed by atoms with Gasteiger partial charge in [0, 0.05) is 23.4 Å². The van der Waals surface area contributed by atoms with Crippen LogP contribution in [-0.2, 0) is 6.18 Å². The van der Waals surface area contributed by atoms with E-state index < -0.39 is 11.7 Å². The van der Waals surface area contributed by atoms with E-state index in [4.69, 9.17) is 16.6 Å². The summed E-state index contributed by atoms with van der Waals surface area (Å²) in [7, 11) is 0. The Morgan fingerprint density at radius 1 is 0.889 bits per heavy atom. The average molecular weight is 507 g/mol. The number of hydrogen-bond acceptors (Lipinski definition) is 3. The smallest absolute Gasteiger partial charge is 0.317 e. The highest BCUT2D eigenvalue weighted by atomic mass is 35.5. The molecule has 0 spiro atoms. The first-order valence-electron chi connectivity index (χ1n) is 11.8. The number of hydrogen-bond donors (Lipinski definition) is 1. The van der Waals surface area contributed by atoms with Crippen molar-refractivity contribution in [1.82, 2.24) is 19.9 Å². The Balaban J connectivity index is 1.61. The summed E-state index contributed by atoms with van der Waals surface area (Å²) in [5.41, 5.74) is 2.53. The molecule has 1 fully saturated rings. The third-order valence-electron chi connectivity index (χ3n) is 6.86. The second-order valence-electron chi connectivity index (χ2n) is 9.04. The number of pyridine rings is 1. The number of alkyl halides is 3. The molecule has 0 unspecified atom stereocenters. The third-order valence-corrected chi connectivity index (χ3v) is 7.27. The van der Waals surface area contributed by atoms with Crippen LogP contribution >= 0.6 is 11.6 Å². The fourth-order valence-corrected chi connectivity index (χ4v) is 5.42. The molecule has 5 aromatic rings. The Labute approximate surface area is 210 Å². The van der Waals surface area contributed by atoms with E-state index in [2.05, 4.69) is 34.6 Å². The molecule has 2 aromatic heterocycles. The summed E-state index contributed by atoms with van der Waals surface area (Å²) in [5.74, 6) is 0.411. The fraction of sp³-hybridized carbons (Fsp3) is 0.214. The molecule has 8 heteroatoms. The van der Waals surface area contributed by atoms with Gasteiger partial charge in [-0.15, -0.1) is 0 Å². The van der Waals surface area contributed by atoms with Crippen LogP contribution in [0.1, 0.15) is 24.4 Å². The summed E-state index contributed by atoms with van der Waals surface area (Å²) in [6, 6.07) is 20.2. The van der Waals surface area contributed by atoms with E-state index in [1.807, 2.05) is 28.8 Å². The maximum atomic E-state index is 13.7. The summed E-state index contributed by atoms with van der Waals surface area (Å²) < 4.78 is 43.0. The van der Waals surface area contributed by atoms with Crippen LogP contribution in [0.2, 0.25) is 5.02 Å². The molecule has 1 N–H and O–H groups in total. The number of rotatable bonds is 3. The molecule has 0 amide bonds. The van der Waals surface area contributed by atoms with Crippen molar-refractivity contribution in [1.29, 1.82) is 0 Å². The van der Waals surface area contributed by atoms with Gasteiger partial charge in [0.2, 0.25) is 0 Å². The van der Waals surface area contributed by atoms with Crippen LogP contribution in [0.3, 0.4) is 0 Å². The van der Waals surface area contributed by atoms with Crippen LogP contribution in [0.5, 0.6) is 0 Å². The van der Waals surface area contributed by atoms with E-state index in [-0.39, 0.29) is 16.6 Å². The Morgan fingerprint density at radius 3 is 2.44 bits per heavy atom. The lowest BCUT2D eigenvalue weighted by molar-refractivity contribution is -0.137. The Bertz CT molecular complexity index is 1590. The Kier molecular flexibility index (Phi) is 5.69. The summed E-state index contributed by atoms with van der Waals surface area (Å²) in [6.45, 7) is 1.62. The van der Waals surface area contributed by atoms with Gasteiger partial charge in [-0.05, 0) is 66.5 Å². The first kappa shape index (κ1) is 23.0. The number of piperidine rings is 1. The molecule has 1 aliphatic heterocycles. The van der Waals surface area contributed by atoms with Crippen molar-refractivity contribution in [3.05, 3.63) is 83.5 Å². The predicted octanol–water partition coefficient (Wildman–Crippen LogP) is 7.52. The molecule has 1 aliphatic rings. The largest absolute Gasteiger partial charge is 0.417 e. The monoisotopic (exact) mass is 506 g/mol. The van der Waals surface area contributed by atoms with Gasteiger partial charge >= 0.3 is 6.18 Å². The fourth-order valence-electron chi connectivity index (χ4n) is 5.10. The average Bonchev–Trinajstić information content (AvgIpc) is 3.28. The maximum Gasteiger partial charge on any atom is 0.417 e. The standard InChI is InChI=1S/C28H22ClF3N4/c29-24-22(6-3-7-23(24)28(30,31)32)26-35-25-21(19-9-8-17-4-1-2-5-18(17)16-19)12-15-34-27(25)36(26)20-10-13-33-14-11-20/h1-9,12,15-16,20,33H,10-11,13-14H2. The van der Waals surface area contributed by atoms with Gasteiger partial charge < -0.3 is 9.88 Å². The molecule has 0 bridgehead atoms. The van der Waals surface area contributed by atoms with Crippen molar-refractivity contribution < 1.29 is 13.2 Å². The van der Waals surface area contributed by atoms with Crippen molar-refractivity contribution in [2.45, 2.75) is 25.1 Å². The number of halogens is 4. The SMILES string of the molecule is FC(F)(F)c1cccc(-c2nc3c(-c4ccc5ccccc5c4)ccnc3n2C2CCNCC2)c1Cl. The molecular weight excluding hydrogens is 485 g/mol. The zero-order chi connectivity index (χ0) is 24.9. The highest BCUT2D eigenvalue weighted by Gasteiger charge is 2.35. The number of fused-ring (bicyclic) bond motifs is 2. The van der Waals surface area contributed by atoms with Crippen molar-refractivity contribution >= 4 is 33.5 Å². The topological polar surface area (TPSA) is 42.7 Å². The lowest BCUT2D eigenvalue weighted by atomic mass is 10.0. The van der Waals surface area contributed by atoms with Gasteiger partial charge in [0.15, 0.2) is 5.65 Å². The van der Waals surface area contributed by atoms with Gasteiger partial charge in [-0.25, -0.2) is 9.97 Å². The van der Waals surface area contributed by atoms with Gasteiger partial charge in [-0.3, -0.25) is 0 Å². The summed E-state index contributed by atoms with van der Waals surface area (Å²) in [6.07, 6.45) is -1.19. The minimum atomic E-state index is -4.56. The van der Waals surface area contributed by atoms with Crippen molar-refractivity contribution in [3.8, 4) is 22.5 Å². The lowest BCUT2D eigenvalue weighted by Crippen LogP contribution is -2.29. The van der Waals surface area contributed by atoms with Gasteiger partial charge in [0.25, 0.3) is 0 Å². The quantitative estimate of drug-likeness (QED) is 0.275. The van der Waals surface area contributed by atoms with Crippen LogP contribution in [0.4, 0.5) is 13.2 Å². The molecular formula is C28H22ClF3N4. The minimum absolute atomic E-state index is 0.0382. The van der Waals surface area contributed by atoms with Crippen molar-refractivity contribution in [2.24, 2.45) is 0 Å². The number of aromatic nitrogens is 3. The van der Waals surface area contributed by atoms with Crippen LogP contribution < -0.4 is 5.32 Å². The highest BCUT2D eigenvalue weighted by Crippen LogP contribution is 2.42. The molecule has 0 aliphatic carbocycles. The molecule has 3 heterocycles. The van der Waals surface area contributed by atoms with Crippen LogP contribution in [-0.4, -0.2) is 27.6 Å². The van der Waals surface area contributed by atoms with Crippen molar-refractivity contribution in [3.63, 3.8) is 0 Å². The summed E-state index contributed by atoms with van der Waals surface area (Å²) in [4.78, 5) is 9.59. The van der Waals surface area contributed by atoms with E-state index >= 15 is 0 Å². The van der Waals surface area contributed by atoms with E-state index in [9.17, 15) is 13.2 Å². The first-order chi connectivity index (χ1) is 17.4. The van der Waals surface area contributed by atoms with E-state index in [0.717, 1.165) is 53.9 Å². The van der Waals surface area contributed by atoms with E-state index in [1.54, 1.807) is 12.3 Å². The third kappa shape index (κ3) is 3.92. The molecule has 0 atom stereocenters. The normalized spacial score (nSPS) is 15.1. The molecule has 0 saturated carbocycles.